The van der Waals surface area contributed by atoms with Crippen molar-refractivity contribution in [2.24, 2.45) is 0 Å². The van der Waals surface area contributed by atoms with E-state index in [2.05, 4.69) is 289 Å². The molecule has 3 aromatic heterocycles. The van der Waals surface area contributed by atoms with Crippen molar-refractivity contribution in [1.82, 2.24) is 19.1 Å². The normalized spacial score (nSPS) is 12.6. The van der Waals surface area contributed by atoms with E-state index in [0.717, 1.165) is 78.1 Å². The Morgan fingerprint density at radius 2 is 0.975 bits per heavy atom. The maximum Gasteiger partial charge on any atom is 0.148 e. The predicted octanol–water partition coefficient (Wildman–Crippen LogP) is 19.8. The number of fused-ring (bicyclic) bond motifs is 4. The van der Waals surface area contributed by atoms with Crippen molar-refractivity contribution in [3.8, 4) is 73.2 Å². The smallest absolute Gasteiger partial charge is 0.148 e. The fourth-order valence-electron chi connectivity index (χ4n) is 11.2. The van der Waals surface area contributed by atoms with Crippen LogP contribution in [-0.4, -0.2) is 24.2 Å². The number of aromatic nitrogens is 4. The van der Waals surface area contributed by atoms with E-state index in [9.17, 15) is 5.11 Å². The molecule has 0 unspecified atom stereocenters. The topological polar surface area (TPSA) is 55.9 Å². The Morgan fingerprint density at radius 3 is 1.64 bits per heavy atom. The Bertz CT molecular complexity index is 4130. The van der Waals surface area contributed by atoms with E-state index >= 15 is 0 Å². The number of para-hydroxylation sites is 2. The number of benzene rings is 8. The van der Waals surface area contributed by atoms with Crippen LogP contribution in [0.5, 0.6) is 5.75 Å². The van der Waals surface area contributed by atoms with E-state index in [4.69, 9.17) is 9.97 Å². The van der Waals surface area contributed by atoms with E-state index in [1.165, 1.54) is 38.6 Å². The Morgan fingerprint density at radius 1 is 0.412 bits per heavy atom. The van der Waals surface area contributed by atoms with Crippen molar-refractivity contribution >= 4 is 32.8 Å². The molecule has 8 aromatic carbocycles. The number of nitrogens with zero attached hydrogens (tertiary/aromatic N) is 4. The number of imidazole rings is 1. The summed E-state index contributed by atoms with van der Waals surface area (Å²) >= 11 is 0. The second-order valence-corrected chi connectivity index (χ2v) is 27.0. The summed E-state index contributed by atoms with van der Waals surface area (Å²) < 4.78 is 4.70. The van der Waals surface area contributed by atoms with E-state index in [1.807, 2.05) is 6.20 Å². The monoisotopic (exact) mass is 1230 g/mol. The summed E-state index contributed by atoms with van der Waals surface area (Å²) in [6, 6.07) is 65.6. The third-order valence-electron chi connectivity index (χ3n) is 15.9. The average Bonchev–Trinajstić information content (AvgIpc) is 4.20. The molecule has 0 aliphatic carbocycles. The molecule has 0 saturated carbocycles. The number of phenolic OH excluding ortho intramolecular Hbond substituents is 1. The standard InChI is InChI=1S/C74H75N4O.Pt/c1-70(2,3)51-37-49(36-50(38-51)62-40-48(34-35-75-62)57-29-22-32-64-66(57)59-28-19-20-31-63(59)77(64)55-27-21-26-47(39-55)46-24-17-16-18-25-46)58-30-23-33-65-67(58)76-69(60-44-54(73(10,11)12)45-61(68(60)79)74(13,14)15)78(65)56-42-52(71(4,5)6)41-53(43-56)72(7,8)9;/h16-35,37-45,79H,1-15H3;/q-1;. The first-order chi connectivity index (χ1) is 37.2. The van der Waals surface area contributed by atoms with Gasteiger partial charge in [0.25, 0.3) is 0 Å². The van der Waals surface area contributed by atoms with Crippen LogP contribution >= 0.6 is 0 Å². The van der Waals surface area contributed by atoms with Crippen molar-refractivity contribution in [2.75, 3.05) is 0 Å². The maximum absolute atomic E-state index is 12.7. The van der Waals surface area contributed by atoms with Gasteiger partial charge in [0.2, 0.25) is 0 Å². The van der Waals surface area contributed by atoms with Crippen LogP contribution in [0.1, 0.15) is 132 Å². The van der Waals surface area contributed by atoms with Crippen LogP contribution in [0.15, 0.2) is 176 Å². The third-order valence-corrected chi connectivity index (χ3v) is 15.9. The molecule has 80 heavy (non-hydrogen) atoms. The van der Waals surface area contributed by atoms with Gasteiger partial charge in [0.15, 0.2) is 0 Å². The number of aromatic hydroxyl groups is 1. The summed E-state index contributed by atoms with van der Waals surface area (Å²) in [5.74, 6) is 0.956. The second-order valence-electron chi connectivity index (χ2n) is 27.0. The van der Waals surface area contributed by atoms with Gasteiger partial charge in [0.1, 0.15) is 11.6 Å². The number of pyridine rings is 1. The van der Waals surface area contributed by atoms with Crippen molar-refractivity contribution in [3.63, 3.8) is 0 Å². The molecule has 0 aliphatic rings. The summed E-state index contributed by atoms with van der Waals surface area (Å²) in [6.45, 7) is 33.7. The molecule has 0 amide bonds. The molecule has 0 bridgehead atoms. The molecule has 0 atom stereocenters. The number of hydrogen-bond acceptors (Lipinski definition) is 3. The van der Waals surface area contributed by atoms with Gasteiger partial charge in [-0.05, 0) is 121 Å². The van der Waals surface area contributed by atoms with E-state index in [1.54, 1.807) is 0 Å². The molecule has 0 fully saturated rings. The van der Waals surface area contributed by atoms with E-state index in [0.29, 0.717) is 11.4 Å². The van der Waals surface area contributed by atoms with Gasteiger partial charge in [-0.1, -0.05) is 218 Å². The van der Waals surface area contributed by atoms with Crippen LogP contribution < -0.4 is 0 Å². The van der Waals surface area contributed by atoms with Crippen molar-refractivity contribution < 1.29 is 26.2 Å². The molecule has 408 valence electrons. The zero-order valence-electron chi connectivity index (χ0n) is 49.3. The molecule has 11 rings (SSSR count). The van der Waals surface area contributed by atoms with Crippen LogP contribution in [0.2, 0.25) is 0 Å². The summed E-state index contributed by atoms with van der Waals surface area (Å²) in [6.07, 6.45) is 1.94. The Kier molecular flexibility index (Phi) is 14.2. The minimum Gasteiger partial charge on any atom is -0.507 e. The fourth-order valence-corrected chi connectivity index (χ4v) is 11.2. The molecule has 0 spiro atoms. The predicted molar refractivity (Wildman–Crippen MR) is 334 cm³/mol. The SMILES string of the molecule is CC(C)(C)c1cc(-c2cc(-c3cccc4c3c3ccccc3n4-c3cccc(-c4ccccc4)c3)ccn2)[c-]c(-c2cccc3c2nc(-c2cc(C(C)(C)C)cc(C(C)(C)C)c2O)n3-c2cc(C(C)(C)C)cc(C(C)(C)C)c2)c1.[Pt]. The largest absolute Gasteiger partial charge is 0.507 e. The zero-order valence-corrected chi connectivity index (χ0v) is 51.6. The minimum atomic E-state index is -0.335. The van der Waals surface area contributed by atoms with Crippen molar-refractivity contribution in [3.05, 3.63) is 210 Å². The fraction of sp³-hybridized carbons (Fsp3) is 0.270. The summed E-state index contributed by atoms with van der Waals surface area (Å²) in [5, 5.41) is 15.0. The molecule has 5 nitrogen and oxygen atoms in total. The Labute approximate surface area is 489 Å². The molecule has 0 aliphatic heterocycles. The van der Waals surface area contributed by atoms with Gasteiger partial charge in [0.05, 0.1) is 27.6 Å². The molecule has 3 heterocycles. The van der Waals surface area contributed by atoms with Gasteiger partial charge in [-0.15, -0.1) is 29.3 Å². The van der Waals surface area contributed by atoms with E-state index in [-0.39, 0.29) is 53.9 Å². The first-order valence-corrected chi connectivity index (χ1v) is 28.0. The molecule has 0 radical (unpaired) electrons. The number of hydrogen-bond donors (Lipinski definition) is 1. The van der Waals surface area contributed by atoms with Crippen LogP contribution in [0.3, 0.4) is 0 Å². The number of phenols is 1. The zero-order chi connectivity index (χ0) is 56.1. The minimum absolute atomic E-state index is 0. The maximum atomic E-state index is 12.7. The van der Waals surface area contributed by atoms with Gasteiger partial charge in [-0.2, -0.15) is 0 Å². The van der Waals surface area contributed by atoms with Gasteiger partial charge in [-0.25, -0.2) is 4.98 Å². The number of rotatable bonds is 7. The third kappa shape index (κ3) is 10.4. The van der Waals surface area contributed by atoms with Crippen molar-refractivity contribution in [1.29, 1.82) is 0 Å². The summed E-state index contributed by atoms with van der Waals surface area (Å²) in [4.78, 5) is 10.9. The Balaban J connectivity index is 0.00000720. The first-order valence-electron chi connectivity index (χ1n) is 28.0. The van der Waals surface area contributed by atoms with Gasteiger partial charge >= 0.3 is 0 Å². The first kappa shape index (κ1) is 56.0. The molecule has 1 N–H and O–H groups in total. The van der Waals surface area contributed by atoms with E-state index < -0.39 is 0 Å². The molecule has 0 saturated heterocycles. The summed E-state index contributed by atoms with van der Waals surface area (Å²) in [7, 11) is 0. The van der Waals surface area contributed by atoms with Crippen LogP contribution in [0, 0.1) is 6.07 Å². The van der Waals surface area contributed by atoms with Crippen LogP contribution in [0.25, 0.3) is 100 Å². The summed E-state index contributed by atoms with van der Waals surface area (Å²) in [5.41, 5.74) is 19.8. The second kappa shape index (κ2) is 20.3. The molecular formula is C74H75N4OPt-. The average molecular weight is 1230 g/mol. The van der Waals surface area contributed by atoms with Crippen molar-refractivity contribution in [2.45, 2.75) is 131 Å². The van der Waals surface area contributed by atoms with Crippen LogP contribution in [-0.2, 0) is 48.1 Å². The molecule has 11 aromatic rings. The van der Waals surface area contributed by atoms with Gasteiger partial charge in [0, 0.05) is 60.7 Å². The Hall–Kier alpha value is -7.33. The van der Waals surface area contributed by atoms with Crippen LogP contribution in [0.4, 0.5) is 0 Å². The molecular weight excluding hydrogens is 1160 g/mol. The quantitative estimate of drug-likeness (QED) is 0.162. The van der Waals surface area contributed by atoms with Gasteiger partial charge in [-0.3, -0.25) is 9.55 Å². The molecule has 6 heteroatoms. The van der Waals surface area contributed by atoms with Gasteiger partial charge < -0.3 is 9.67 Å².